The van der Waals surface area contributed by atoms with Gasteiger partial charge in [0.25, 0.3) is 0 Å². The number of rotatable bonds is 0. The lowest BCUT2D eigenvalue weighted by Gasteiger charge is -2.20. The van der Waals surface area contributed by atoms with E-state index < -0.39 is 0 Å². The van der Waals surface area contributed by atoms with Crippen LogP contribution in [0.5, 0.6) is 23.0 Å². The van der Waals surface area contributed by atoms with Gasteiger partial charge in [-0.05, 0) is 78.9 Å². The zero-order chi connectivity index (χ0) is 32.5. The Balaban J connectivity index is 1.38. The summed E-state index contributed by atoms with van der Waals surface area (Å²) in [4.78, 5) is 0. The van der Waals surface area contributed by atoms with Crippen LogP contribution >= 0.6 is 0 Å². The summed E-state index contributed by atoms with van der Waals surface area (Å²) in [5.74, 6) is 0.870. The fourth-order valence-corrected chi connectivity index (χ4v) is 7.94. The third kappa shape index (κ3) is 4.37. The summed E-state index contributed by atoms with van der Waals surface area (Å²) in [5, 5.41) is 53.6. The molecule has 0 atom stereocenters. The van der Waals surface area contributed by atoms with Gasteiger partial charge in [-0.25, -0.2) is 0 Å². The number of phenols is 4. The molecule has 48 heavy (non-hydrogen) atoms. The molecule has 0 saturated heterocycles. The molecule has 0 saturated carbocycles. The molecule has 0 unspecified atom stereocenters. The molecule has 232 valence electrons. The van der Waals surface area contributed by atoms with Crippen LogP contribution in [-0.2, 0) is 25.7 Å². The van der Waals surface area contributed by atoms with Gasteiger partial charge < -0.3 is 20.4 Å². The van der Waals surface area contributed by atoms with E-state index in [1.165, 1.54) is 0 Å². The monoisotopic (exact) mass is 624 g/mol. The largest absolute Gasteiger partial charge is 0.507 e. The quantitative estimate of drug-likeness (QED) is 0.135. The molecule has 8 aromatic rings. The zero-order valence-electron chi connectivity index (χ0n) is 26.2. The first-order valence-corrected chi connectivity index (χ1v) is 16.3. The van der Waals surface area contributed by atoms with Crippen LogP contribution in [0.15, 0.2) is 121 Å². The Bertz CT molecular complexity index is 2260. The van der Waals surface area contributed by atoms with Gasteiger partial charge >= 0.3 is 0 Å². The number of phenolic OH excluding ortho intramolecular Hbond substituents is 4. The average molecular weight is 625 g/mol. The van der Waals surface area contributed by atoms with E-state index in [4.69, 9.17) is 0 Å². The van der Waals surface area contributed by atoms with E-state index in [1.807, 2.05) is 97.1 Å². The smallest absolute Gasteiger partial charge is 0.126 e. The zero-order valence-corrected chi connectivity index (χ0v) is 26.2. The van der Waals surface area contributed by atoms with Crippen molar-refractivity contribution in [3.8, 4) is 23.0 Å². The minimum Gasteiger partial charge on any atom is -0.507 e. The fraction of sp³-hybridized carbons (Fsp3) is 0.0909. The van der Waals surface area contributed by atoms with Crippen molar-refractivity contribution in [2.45, 2.75) is 25.7 Å². The minimum atomic E-state index is 0.218. The van der Waals surface area contributed by atoms with Crippen molar-refractivity contribution in [2.24, 2.45) is 0 Å². The summed E-state index contributed by atoms with van der Waals surface area (Å²) >= 11 is 0. The van der Waals surface area contributed by atoms with Gasteiger partial charge in [-0.15, -0.1) is 0 Å². The lowest BCUT2D eigenvalue weighted by Crippen LogP contribution is -2.02. The molecule has 8 bridgehead atoms. The average Bonchev–Trinajstić information content (AvgIpc) is 3.12. The van der Waals surface area contributed by atoms with Gasteiger partial charge in [0.15, 0.2) is 0 Å². The summed E-state index contributed by atoms with van der Waals surface area (Å²) < 4.78 is 0. The molecule has 9 rings (SSSR count). The normalized spacial score (nSPS) is 13.0. The lowest BCUT2D eigenvalue weighted by molar-refractivity contribution is 0.468. The number of hydrogen-bond donors (Lipinski definition) is 4. The molecule has 0 amide bonds. The van der Waals surface area contributed by atoms with Gasteiger partial charge in [0, 0.05) is 34.4 Å². The Kier molecular flexibility index (Phi) is 6.34. The van der Waals surface area contributed by atoms with Crippen molar-refractivity contribution < 1.29 is 20.4 Å². The van der Waals surface area contributed by atoms with Crippen LogP contribution < -0.4 is 0 Å². The summed E-state index contributed by atoms with van der Waals surface area (Å²) in [7, 11) is 0. The molecule has 0 aromatic heterocycles. The first-order valence-electron chi connectivity index (χ1n) is 16.3. The Morgan fingerprint density at radius 1 is 0.250 bits per heavy atom. The number of benzene rings is 8. The Hall–Kier alpha value is -6.00. The molecular weight excluding hydrogens is 592 g/mol. The SMILES string of the molecule is Oc1c2cc(c3ccccc13)Cc1cc(c(O)c3ccccc13)Cc1cc(c3ccccc3c1O)Cc1cc(c(O)c3ccccc13)C2. The molecule has 0 aliphatic heterocycles. The van der Waals surface area contributed by atoms with Gasteiger partial charge in [0.05, 0.1) is 0 Å². The third-order valence-corrected chi connectivity index (χ3v) is 10.2. The highest BCUT2D eigenvalue weighted by Gasteiger charge is 2.21. The van der Waals surface area contributed by atoms with Crippen molar-refractivity contribution in [1.82, 2.24) is 0 Å². The highest BCUT2D eigenvalue weighted by atomic mass is 16.3. The minimum absolute atomic E-state index is 0.218. The lowest BCUT2D eigenvalue weighted by atomic mass is 9.86. The summed E-state index contributed by atoms with van der Waals surface area (Å²) in [6.45, 7) is 0. The second kappa shape index (κ2) is 10.8. The van der Waals surface area contributed by atoms with Crippen LogP contribution in [0.3, 0.4) is 0 Å². The standard InChI is InChI=1S/C44H32O4/c45-41-29-19-25(33-9-1-5-13-37(33)41)17-26-20-30(42(46)38-14-6-2-10-34(26)38)24-32-22-28(36-12-4-8-16-40(36)44(32)48)18-27-21-31(23-29)43(47)39-15-7-3-11-35(27)39/h1-16,19-22,45-48H,17-18,23-24H2. The maximum absolute atomic E-state index is 11.7. The molecule has 0 radical (unpaired) electrons. The van der Waals surface area contributed by atoms with Crippen molar-refractivity contribution >= 4 is 43.1 Å². The Morgan fingerprint density at radius 3 is 0.667 bits per heavy atom. The van der Waals surface area contributed by atoms with E-state index >= 15 is 0 Å². The van der Waals surface area contributed by atoms with E-state index in [2.05, 4.69) is 24.3 Å². The van der Waals surface area contributed by atoms with E-state index in [9.17, 15) is 20.4 Å². The van der Waals surface area contributed by atoms with E-state index in [1.54, 1.807) is 0 Å². The third-order valence-electron chi connectivity index (χ3n) is 10.2. The number of aromatic hydroxyl groups is 4. The first-order chi connectivity index (χ1) is 23.4. The Morgan fingerprint density at radius 2 is 0.438 bits per heavy atom. The van der Waals surface area contributed by atoms with Crippen LogP contribution in [0.2, 0.25) is 0 Å². The van der Waals surface area contributed by atoms with Gasteiger partial charge in [0.2, 0.25) is 0 Å². The maximum atomic E-state index is 11.7. The van der Waals surface area contributed by atoms with Crippen molar-refractivity contribution in [3.63, 3.8) is 0 Å². The molecular formula is C44H32O4. The molecule has 4 N–H and O–H groups in total. The van der Waals surface area contributed by atoms with Gasteiger partial charge in [-0.1, -0.05) is 121 Å². The summed E-state index contributed by atoms with van der Waals surface area (Å²) in [6, 6.07) is 39.9. The first kappa shape index (κ1) is 28.2. The van der Waals surface area contributed by atoms with Crippen molar-refractivity contribution in [1.29, 1.82) is 0 Å². The van der Waals surface area contributed by atoms with Crippen LogP contribution in [0, 0.1) is 0 Å². The second-order valence-corrected chi connectivity index (χ2v) is 13.1. The molecule has 1 aliphatic rings. The van der Waals surface area contributed by atoms with E-state index in [-0.39, 0.29) is 23.0 Å². The van der Waals surface area contributed by atoms with Crippen molar-refractivity contribution in [2.75, 3.05) is 0 Å². The highest BCUT2D eigenvalue weighted by molar-refractivity contribution is 5.97. The van der Waals surface area contributed by atoms with Crippen LogP contribution in [0.1, 0.15) is 44.5 Å². The predicted molar refractivity (Wildman–Crippen MR) is 194 cm³/mol. The van der Waals surface area contributed by atoms with Gasteiger partial charge in [-0.2, -0.15) is 0 Å². The van der Waals surface area contributed by atoms with Crippen LogP contribution in [0.4, 0.5) is 0 Å². The molecule has 4 nitrogen and oxygen atoms in total. The number of fused-ring (bicyclic) bond motifs is 16. The summed E-state index contributed by atoms with van der Waals surface area (Å²) in [5.41, 5.74) is 7.15. The molecule has 8 aromatic carbocycles. The summed E-state index contributed by atoms with van der Waals surface area (Å²) in [6.07, 6.45) is 1.81. The van der Waals surface area contributed by atoms with Crippen molar-refractivity contribution in [3.05, 3.63) is 166 Å². The van der Waals surface area contributed by atoms with E-state index in [0.717, 1.165) is 87.6 Å². The van der Waals surface area contributed by atoms with Gasteiger partial charge in [-0.3, -0.25) is 0 Å². The van der Waals surface area contributed by atoms with Crippen LogP contribution in [-0.4, -0.2) is 20.4 Å². The van der Waals surface area contributed by atoms with E-state index in [0.29, 0.717) is 25.7 Å². The number of hydrogen-bond acceptors (Lipinski definition) is 4. The molecule has 0 fully saturated rings. The molecule has 0 spiro atoms. The molecule has 1 aliphatic carbocycles. The Labute approximate surface area is 277 Å². The topological polar surface area (TPSA) is 80.9 Å². The molecule has 0 heterocycles. The second-order valence-electron chi connectivity index (χ2n) is 13.1. The maximum Gasteiger partial charge on any atom is 0.126 e. The van der Waals surface area contributed by atoms with Gasteiger partial charge in [0.1, 0.15) is 23.0 Å². The van der Waals surface area contributed by atoms with Crippen LogP contribution in [0.25, 0.3) is 43.1 Å². The fourth-order valence-electron chi connectivity index (χ4n) is 7.94. The molecule has 4 heteroatoms. The highest BCUT2D eigenvalue weighted by Crippen LogP contribution is 2.42. The predicted octanol–water partition coefficient (Wildman–Crippen LogP) is 9.80.